The molecule has 0 atom stereocenters. The minimum atomic E-state index is -0.0439. The zero-order valence-corrected chi connectivity index (χ0v) is 24.2. The molecule has 8 heteroatoms. The smallest absolute Gasteiger partial charge is 0.216 e. The topological polar surface area (TPSA) is 102 Å². The SMILES string of the molecule is CC(=O)NCCNCc1cc(C)c(OCc2cccc(-c3ccc4c(c3)OCCO4)c2C)cc1OCCCCC#N. The molecule has 0 saturated carbocycles. The molecular weight excluding hydrogens is 518 g/mol. The lowest BCUT2D eigenvalue weighted by Gasteiger charge is -2.20. The van der Waals surface area contributed by atoms with E-state index >= 15 is 0 Å². The van der Waals surface area contributed by atoms with Crippen LogP contribution in [0.1, 0.15) is 48.4 Å². The summed E-state index contributed by atoms with van der Waals surface area (Å²) >= 11 is 0. The Morgan fingerprint density at radius 2 is 1.78 bits per heavy atom. The van der Waals surface area contributed by atoms with E-state index in [2.05, 4.69) is 54.0 Å². The average molecular weight is 558 g/mol. The van der Waals surface area contributed by atoms with Crippen LogP contribution < -0.4 is 29.6 Å². The summed E-state index contributed by atoms with van der Waals surface area (Å²) in [6, 6.07) is 18.5. The molecule has 0 spiro atoms. The van der Waals surface area contributed by atoms with E-state index in [1.165, 1.54) is 6.92 Å². The van der Waals surface area contributed by atoms with Crippen molar-refractivity contribution in [1.82, 2.24) is 10.6 Å². The van der Waals surface area contributed by atoms with Crippen molar-refractivity contribution in [2.24, 2.45) is 0 Å². The van der Waals surface area contributed by atoms with Gasteiger partial charge in [-0.25, -0.2) is 0 Å². The zero-order valence-electron chi connectivity index (χ0n) is 24.2. The van der Waals surface area contributed by atoms with E-state index < -0.39 is 0 Å². The van der Waals surface area contributed by atoms with Gasteiger partial charge in [-0.15, -0.1) is 0 Å². The molecule has 41 heavy (non-hydrogen) atoms. The number of nitriles is 1. The summed E-state index contributed by atoms with van der Waals surface area (Å²) in [5, 5.41) is 15.0. The number of carbonyl (C=O) groups is 1. The van der Waals surface area contributed by atoms with Crippen LogP contribution in [0.3, 0.4) is 0 Å². The number of nitrogens with zero attached hydrogens (tertiary/aromatic N) is 1. The number of hydrogen-bond acceptors (Lipinski definition) is 7. The van der Waals surface area contributed by atoms with Crippen LogP contribution in [0.4, 0.5) is 0 Å². The lowest BCUT2D eigenvalue weighted by Crippen LogP contribution is -2.30. The van der Waals surface area contributed by atoms with E-state index in [0.29, 0.717) is 52.5 Å². The van der Waals surface area contributed by atoms with Gasteiger partial charge < -0.3 is 29.6 Å². The number of aryl methyl sites for hydroxylation is 1. The Kier molecular flexibility index (Phi) is 10.9. The Morgan fingerprint density at radius 3 is 2.59 bits per heavy atom. The highest BCUT2D eigenvalue weighted by atomic mass is 16.6. The standard InChI is InChI=1S/C33H39N3O5/c1-23-18-28(21-35-13-14-36-25(3)37)32(38-15-6-4-5-12-34)20-31(23)41-22-27-8-7-9-29(24(27)2)26-10-11-30-33(19-26)40-17-16-39-30/h7-11,18-20,35H,4-6,13-17,21-22H2,1-3H3,(H,36,37). The van der Waals surface area contributed by atoms with Crippen molar-refractivity contribution < 1.29 is 23.7 Å². The van der Waals surface area contributed by atoms with Crippen molar-refractivity contribution in [3.05, 3.63) is 70.8 Å². The Labute approximate surface area is 242 Å². The van der Waals surface area contributed by atoms with Crippen molar-refractivity contribution in [2.45, 2.75) is 53.2 Å². The summed E-state index contributed by atoms with van der Waals surface area (Å²) in [7, 11) is 0. The summed E-state index contributed by atoms with van der Waals surface area (Å²) in [6.45, 7) is 9.54. The third kappa shape index (κ3) is 8.38. The van der Waals surface area contributed by atoms with Crippen LogP contribution in [-0.4, -0.2) is 38.8 Å². The summed E-state index contributed by atoms with van der Waals surface area (Å²) in [6.07, 6.45) is 2.13. The number of ether oxygens (including phenoxy) is 4. The van der Waals surface area contributed by atoms with E-state index in [-0.39, 0.29) is 5.91 Å². The first-order valence-electron chi connectivity index (χ1n) is 14.2. The van der Waals surface area contributed by atoms with Crippen LogP contribution >= 0.6 is 0 Å². The normalized spacial score (nSPS) is 12.0. The molecule has 8 nitrogen and oxygen atoms in total. The van der Waals surface area contributed by atoms with Gasteiger partial charge in [-0.1, -0.05) is 24.3 Å². The summed E-state index contributed by atoms with van der Waals surface area (Å²) in [5.74, 6) is 3.04. The molecule has 3 aromatic carbocycles. The number of carbonyl (C=O) groups excluding carboxylic acids is 1. The Balaban J connectivity index is 1.47. The Hall–Kier alpha value is -4.22. The van der Waals surface area contributed by atoms with Gasteiger partial charge in [0, 0.05) is 44.6 Å². The molecule has 3 aromatic rings. The molecule has 1 heterocycles. The van der Waals surface area contributed by atoms with E-state index in [9.17, 15) is 4.79 Å². The number of hydrogen-bond donors (Lipinski definition) is 2. The number of fused-ring (bicyclic) bond motifs is 1. The zero-order chi connectivity index (χ0) is 29.0. The maximum atomic E-state index is 11.1. The molecule has 0 aliphatic carbocycles. The van der Waals surface area contributed by atoms with Crippen molar-refractivity contribution in [2.75, 3.05) is 32.9 Å². The Morgan fingerprint density at radius 1 is 0.951 bits per heavy atom. The van der Waals surface area contributed by atoms with Gasteiger partial charge in [0.1, 0.15) is 31.3 Å². The lowest BCUT2D eigenvalue weighted by molar-refractivity contribution is -0.118. The van der Waals surface area contributed by atoms with Crippen LogP contribution in [0.2, 0.25) is 0 Å². The molecule has 0 fully saturated rings. The first-order chi connectivity index (χ1) is 20.0. The molecule has 0 radical (unpaired) electrons. The van der Waals surface area contributed by atoms with Crippen LogP contribution in [-0.2, 0) is 17.9 Å². The Bertz CT molecular complexity index is 1380. The number of amides is 1. The average Bonchev–Trinajstić information content (AvgIpc) is 2.97. The summed E-state index contributed by atoms with van der Waals surface area (Å²) in [4.78, 5) is 11.1. The van der Waals surface area contributed by atoms with E-state index in [0.717, 1.165) is 69.2 Å². The molecule has 0 unspecified atom stereocenters. The van der Waals surface area contributed by atoms with Crippen LogP contribution in [0.25, 0.3) is 11.1 Å². The summed E-state index contributed by atoms with van der Waals surface area (Å²) in [5.41, 5.74) is 6.49. The summed E-state index contributed by atoms with van der Waals surface area (Å²) < 4.78 is 24.0. The maximum Gasteiger partial charge on any atom is 0.216 e. The highest BCUT2D eigenvalue weighted by Gasteiger charge is 2.15. The minimum Gasteiger partial charge on any atom is -0.493 e. The lowest BCUT2D eigenvalue weighted by atomic mass is 9.96. The first kappa shape index (κ1) is 29.8. The number of nitrogens with one attached hydrogen (secondary N) is 2. The third-order valence-corrected chi connectivity index (χ3v) is 6.97. The maximum absolute atomic E-state index is 11.1. The molecule has 0 bridgehead atoms. The van der Waals surface area contributed by atoms with Gasteiger partial charge in [0.05, 0.1) is 12.7 Å². The minimum absolute atomic E-state index is 0.0439. The largest absolute Gasteiger partial charge is 0.493 e. The van der Waals surface area contributed by atoms with Crippen molar-refractivity contribution >= 4 is 5.91 Å². The fourth-order valence-corrected chi connectivity index (χ4v) is 4.71. The third-order valence-electron chi connectivity index (χ3n) is 6.97. The predicted molar refractivity (Wildman–Crippen MR) is 158 cm³/mol. The number of unbranched alkanes of at least 4 members (excludes halogenated alkanes) is 2. The first-order valence-corrected chi connectivity index (χ1v) is 14.2. The quantitative estimate of drug-likeness (QED) is 0.248. The van der Waals surface area contributed by atoms with Crippen LogP contribution in [0.15, 0.2) is 48.5 Å². The highest BCUT2D eigenvalue weighted by Crippen LogP contribution is 2.36. The molecule has 0 aromatic heterocycles. The van der Waals surface area contributed by atoms with Crippen LogP contribution in [0, 0.1) is 25.2 Å². The molecule has 1 amide bonds. The van der Waals surface area contributed by atoms with Gasteiger partial charge >= 0.3 is 0 Å². The number of benzene rings is 3. The van der Waals surface area contributed by atoms with E-state index in [1.807, 2.05) is 25.1 Å². The van der Waals surface area contributed by atoms with Gasteiger partial charge in [0.2, 0.25) is 5.91 Å². The van der Waals surface area contributed by atoms with Gasteiger partial charge in [0.25, 0.3) is 0 Å². The second kappa shape index (κ2) is 15.0. The molecular formula is C33H39N3O5. The van der Waals surface area contributed by atoms with E-state index in [4.69, 9.17) is 24.2 Å². The van der Waals surface area contributed by atoms with E-state index in [1.54, 1.807) is 0 Å². The van der Waals surface area contributed by atoms with Gasteiger partial charge in [-0.05, 0) is 72.7 Å². The van der Waals surface area contributed by atoms with Gasteiger partial charge in [0.15, 0.2) is 11.5 Å². The molecule has 4 rings (SSSR count). The van der Waals surface area contributed by atoms with Gasteiger partial charge in [-0.2, -0.15) is 5.26 Å². The molecule has 2 N–H and O–H groups in total. The number of rotatable bonds is 14. The van der Waals surface area contributed by atoms with Gasteiger partial charge in [-0.3, -0.25) is 4.79 Å². The molecule has 1 aliphatic rings. The highest BCUT2D eigenvalue weighted by molar-refractivity contribution is 5.73. The second-order valence-corrected chi connectivity index (χ2v) is 10.1. The van der Waals surface area contributed by atoms with Crippen molar-refractivity contribution in [1.29, 1.82) is 5.26 Å². The van der Waals surface area contributed by atoms with Crippen LogP contribution in [0.5, 0.6) is 23.0 Å². The monoisotopic (exact) mass is 557 g/mol. The molecule has 216 valence electrons. The predicted octanol–water partition coefficient (Wildman–Crippen LogP) is 5.62. The van der Waals surface area contributed by atoms with Crippen molar-refractivity contribution in [3.63, 3.8) is 0 Å². The second-order valence-electron chi connectivity index (χ2n) is 10.1. The fourth-order valence-electron chi connectivity index (χ4n) is 4.71. The molecule has 0 saturated heterocycles. The van der Waals surface area contributed by atoms with Crippen molar-refractivity contribution in [3.8, 4) is 40.2 Å². The molecule has 1 aliphatic heterocycles. The fraction of sp³-hybridized carbons (Fsp3) is 0.394.